The molecule has 60 valence electrons. The summed E-state index contributed by atoms with van der Waals surface area (Å²) >= 11 is 12.8. The van der Waals surface area contributed by atoms with Crippen molar-refractivity contribution in [3.8, 4) is 0 Å². The van der Waals surface area contributed by atoms with E-state index in [0.717, 1.165) is 20.4 Å². The minimum absolute atomic E-state index is 0.784. The first-order chi connectivity index (χ1) is 5.15. The maximum atomic E-state index is 5.97. The van der Waals surface area contributed by atoms with E-state index in [-0.39, 0.29) is 0 Å². The lowest BCUT2D eigenvalue weighted by molar-refractivity contribution is 1.35. The van der Waals surface area contributed by atoms with Gasteiger partial charge in [0.05, 0.1) is 0 Å². The zero-order chi connectivity index (χ0) is 8.43. The van der Waals surface area contributed by atoms with Gasteiger partial charge in [0.15, 0.2) is 0 Å². The first kappa shape index (κ1) is 9.56. The van der Waals surface area contributed by atoms with Gasteiger partial charge >= 0.3 is 0 Å². The van der Waals surface area contributed by atoms with Crippen molar-refractivity contribution in [2.24, 2.45) is 0 Å². The lowest BCUT2D eigenvalue weighted by Crippen LogP contribution is -1.84. The molecule has 0 N–H and O–H groups in total. The fourth-order valence-corrected chi connectivity index (χ4v) is 3.17. The molecular formula is C8H7Br2Cl. The van der Waals surface area contributed by atoms with Gasteiger partial charge in [-0.05, 0) is 30.2 Å². The number of alkyl halides is 1. The van der Waals surface area contributed by atoms with Crippen LogP contribution in [0.4, 0.5) is 0 Å². The molecule has 0 saturated heterocycles. The molecule has 1 aromatic carbocycles. The number of aryl methyl sites for hydroxylation is 1. The fraction of sp³-hybridized carbons (Fsp3) is 0.250. The second kappa shape index (κ2) is 3.92. The third-order valence-corrected chi connectivity index (χ3v) is 3.02. The van der Waals surface area contributed by atoms with Gasteiger partial charge < -0.3 is 0 Å². The van der Waals surface area contributed by atoms with Gasteiger partial charge in [0.25, 0.3) is 0 Å². The zero-order valence-electron chi connectivity index (χ0n) is 6.00. The van der Waals surface area contributed by atoms with Crippen LogP contribution in [0.25, 0.3) is 0 Å². The Morgan fingerprint density at radius 1 is 1.45 bits per heavy atom. The van der Waals surface area contributed by atoms with Crippen molar-refractivity contribution < 1.29 is 0 Å². The number of hydrogen-bond acceptors (Lipinski definition) is 0. The molecule has 0 aliphatic heterocycles. The Kier molecular flexibility index (Phi) is 3.41. The Morgan fingerprint density at radius 3 is 2.55 bits per heavy atom. The third-order valence-electron chi connectivity index (χ3n) is 1.42. The highest BCUT2D eigenvalue weighted by Gasteiger charge is 2.03. The summed E-state index contributed by atoms with van der Waals surface area (Å²) in [6.07, 6.45) is 0. The van der Waals surface area contributed by atoms with Crippen LogP contribution < -0.4 is 0 Å². The van der Waals surface area contributed by atoms with Gasteiger partial charge in [0, 0.05) is 14.8 Å². The van der Waals surface area contributed by atoms with Gasteiger partial charge in [-0.1, -0.05) is 43.5 Å². The second-order valence-electron chi connectivity index (χ2n) is 2.34. The Labute approximate surface area is 88.2 Å². The molecule has 0 bridgehead atoms. The molecule has 0 aliphatic carbocycles. The molecule has 0 unspecified atom stereocenters. The van der Waals surface area contributed by atoms with E-state index in [1.54, 1.807) is 0 Å². The van der Waals surface area contributed by atoms with Crippen LogP contribution in [0.3, 0.4) is 0 Å². The van der Waals surface area contributed by atoms with E-state index in [4.69, 9.17) is 11.6 Å². The SMILES string of the molecule is Cc1cc(Cl)c(CBr)c(Br)c1. The summed E-state index contributed by atoms with van der Waals surface area (Å²) < 4.78 is 1.07. The molecule has 0 aliphatic rings. The van der Waals surface area contributed by atoms with Crippen LogP contribution in [-0.4, -0.2) is 0 Å². The van der Waals surface area contributed by atoms with E-state index < -0.39 is 0 Å². The Morgan fingerprint density at radius 2 is 2.09 bits per heavy atom. The van der Waals surface area contributed by atoms with Crippen LogP contribution >= 0.6 is 43.5 Å². The lowest BCUT2D eigenvalue weighted by Gasteiger charge is -2.04. The quantitative estimate of drug-likeness (QED) is 0.678. The van der Waals surface area contributed by atoms with E-state index >= 15 is 0 Å². The molecule has 0 aromatic heterocycles. The van der Waals surface area contributed by atoms with Crippen molar-refractivity contribution in [1.29, 1.82) is 0 Å². The van der Waals surface area contributed by atoms with Crippen molar-refractivity contribution in [1.82, 2.24) is 0 Å². The predicted octanol–water partition coefficient (Wildman–Crippen LogP) is 4.31. The first-order valence-corrected chi connectivity index (χ1v) is 5.45. The summed E-state index contributed by atoms with van der Waals surface area (Å²) in [6.45, 7) is 2.02. The zero-order valence-corrected chi connectivity index (χ0v) is 9.92. The topological polar surface area (TPSA) is 0 Å². The summed E-state index contributed by atoms with van der Waals surface area (Å²) in [4.78, 5) is 0. The molecule has 11 heavy (non-hydrogen) atoms. The molecule has 0 heterocycles. The van der Waals surface area contributed by atoms with Gasteiger partial charge in [0.1, 0.15) is 0 Å². The van der Waals surface area contributed by atoms with Crippen LogP contribution in [0.1, 0.15) is 11.1 Å². The standard InChI is InChI=1S/C8H7Br2Cl/c1-5-2-7(10)6(4-9)8(11)3-5/h2-3H,4H2,1H3. The highest BCUT2D eigenvalue weighted by Crippen LogP contribution is 2.28. The molecule has 0 atom stereocenters. The summed E-state index contributed by atoms with van der Waals surface area (Å²) in [5.41, 5.74) is 2.28. The van der Waals surface area contributed by atoms with Crippen LogP contribution in [0.5, 0.6) is 0 Å². The maximum Gasteiger partial charge on any atom is 0.0460 e. The summed E-state index contributed by atoms with van der Waals surface area (Å²) in [5.74, 6) is 0. The molecule has 0 fully saturated rings. The van der Waals surface area contributed by atoms with E-state index in [1.165, 1.54) is 5.56 Å². The number of hydrogen-bond donors (Lipinski definition) is 0. The lowest BCUT2D eigenvalue weighted by atomic mass is 10.2. The first-order valence-electron chi connectivity index (χ1n) is 3.15. The highest BCUT2D eigenvalue weighted by molar-refractivity contribution is 9.10. The van der Waals surface area contributed by atoms with E-state index in [0.29, 0.717) is 0 Å². The van der Waals surface area contributed by atoms with Crippen LogP contribution in [0.15, 0.2) is 16.6 Å². The number of benzene rings is 1. The normalized spacial score (nSPS) is 10.2. The average Bonchev–Trinajstić information content (AvgIpc) is 1.85. The minimum atomic E-state index is 0.784. The van der Waals surface area contributed by atoms with Crippen molar-refractivity contribution in [3.05, 3.63) is 32.8 Å². The van der Waals surface area contributed by atoms with Gasteiger partial charge in [-0.15, -0.1) is 0 Å². The molecule has 0 nitrogen and oxygen atoms in total. The van der Waals surface area contributed by atoms with Crippen LogP contribution in [0.2, 0.25) is 5.02 Å². The molecular weight excluding hydrogens is 291 g/mol. The van der Waals surface area contributed by atoms with Crippen LogP contribution in [0, 0.1) is 6.92 Å². The van der Waals surface area contributed by atoms with Crippen LogP contribution in [-0.2, 0) is 5.33 Å². The van der Waals surface area contributed by atoms with Gasteiger partial charge in [-0.3, -0.25) is 0 Å². The summed E-state index contributed by atoms with van der Waals surface area (Å²) in [5, 5.41) is 1.60. The Hall–Kier alpha value is 0.470. The Bertz CT molecular complexity index is 248. The summed E-state index contributed by atoms with van der Waals surface area (Å²) in [7, 11) is 0. The van der Waals surface area contributed by atoms with E-state index in [1.807, 2.05) is 13.0 Å². The number of halogens is 3. The monoisotopic (exact) mass is 296 g/mol. The van der Waals surface area contributed by atoms with E-state index in [9.17, 15) is 0 Å². The predicted molar refractivity (Wildman–Crippen MR) is 56.5 cm³/mol. The third kappa shape index (κ3) is 2.20. The molecule has 0 radical (unpaired) electrons. The number of rotatable bonds is 1. The second-order valence-corrected chi connectivity index (χ2v) is 4.16. The van der Waals surface area contributed by atoms with Crippen molar-refractivity contribution in [3.63, 3.8) is 0 Å². The van der Waals surface area contributed by atoms with Crippen molar-refractivity contribution in [2.75, 3.05) is 0 Å². The van der Waals surface area contributed by atoms with E-state index in [2.05, 4.69) is 37.9 Å². The Balaban J connectivity index is 3.25. The highest BCUT2D eigenvalue weighted by atomic mass is 79.9. The largest absolute Gasteiger partial charge is 0.0875 e. The molecule has 3 heteroatoms. The molecule has 0 amide bonds. The maximum absolute atomic E-state index is 5.97. The fourth-order valence-electron chi connectivity index (χ4n) is 0.857. The summed E-state index contributed by atoms with van der Waals surface area (Å²) in [6, 6.07) is 4.02. The molecule has 0 spiro atoms. The van der Waals surface area contributed by atoms with Crippen molar-refractivity contribution in [2.45, 2.75) is 12.3 Å². The van der Waals surface area contributed by atoms with Crippen molar-refractivity contribution >= 4 is 43.5 Å². The molecule has 0 saturated carbocycles. The minimum Gasteiger partial charge on any atom is -0.0875 e. The molecule has 1 aromatic rings. The molecule has 1 rings (SSSR count). The van der Waals surface area contributed by atoms with Gasteiger partial charge in [0.2, 0.25) is 0 Å². The van der Waals surface area contributed by atoms with Gasteiger partial charge in [-0.2, -0.15) is 0 Å². The van der Waals surface area contributed by atoms with Gasteiger partial charge in [-0.25, -0.2) is 0 Å². The average molecular weight is 298 g/mol. The smallest absolute Gasteiger partial charge is 0.0460 e.